The van der Waals surface area contributed by atoms with E-state index in [1.54, 1.807) is 36.6 Å². The molecule has 0 aliphatic rings. The molecule has 1 unspecified atom stereocenters. The zero-order valence-electron chi connectivity index (χ0n) is 14.0. The van der Waals surface area contributed by atoms with Crippen molar-refractivity contribution in [2.24, 2.45) is 0 Å². The highest BCUT2D eigenvalue weighted by molar-refractivity contribution is 5.95. The first kappa shape index (κ1) is 17.6. The number of nitrogens with one attached hydrogen (secondary N) is 3. The largest absolute Gasteiger partial charge is 0.467 e. The maximum atomic E-state index is 12.2. The molecule has 1 aromatic carbocycles. The van der Waals surface area contributed by atoms with E-state index in [-0.39, 0.29) is 24.4 Å². The Balaban J connectivity index is 1.86. The van der Waals surface area contributed by atoms with Gasteiger partial charge in [-0.1, -0.05) is 13.0 Å². The Kier molecular flexibility index (Phi) is 6.42. The first-order chi connectivity index (χ1) is 11.6. The normalized spacial score (nSPS) is 11.6. The predicted molar refractivity (Wildman–Crippen MR) is 92.7 cm³/mol. The summed E-state index contributed by atoms with van der Waals surface area (Å²) in [6.07, 6.45) is 2.45. The second-order valence-corrected chi connectivity index (χ2v) is 5.57. The number of amides is 2. The molecule has 0 saturated carbocycles. The van der Waals surface area contributed by atoms with Crippen molar-refractivity contribution in [2.45, 2.75) is 32.9 Å². The van der Waals surface area contributed by atoms with Crippen molar-refractivity contribution in [1.82, 2.24) is 10.6 Å². The minimum absolute atomic E-state index is 0.0722. The van der Waals surface area contributed by atoms with Gasteiger partial charge in [-0.3, -0.25) is 9.59 Å². The number of carbonyl (C=O) groups is 2. The van der Waals surface area contributed by atoms with Gasteiger partial charge in [0.05, 0.1) is 19.4 Å². The van der Waals surface area contributed by atoms with Gasteiger partial charge in [-0.25, -0.2) is 0 Å². The Morgan fingerprint density at radius 2 is 2.04 bits per heavy atom. The summed E-state index contributed by atoms with van der Waals surface area (Å²) in [6, 6.07) is 10.8. The monoisotopic (exact) mass is 329 g/mol. The van der Waals surface area contributed by atoms with Crippen LogP contribution in [0.4, 0.5) is 5.69 Å². The van der Waals surface area contributed by atoms with Crippen LogP contribution < -0.4 is 16.0 Å². The molecule has 2 aromatic rings. The van der Waals surface area contributed by atoms with Gasteiger partial charge >= 0.3 is 0 Å². The molecule has 2 amide bonds. The van der Waals surface area contributed by atoms with Gasteiger partial charge in [-0.05, 0) is 43.7 Å². The van der Waals surface area contributed by atoms with Gasteiger partial charge in [-0.15, -0.1) is 0 Å². The molecule has 24 heavy (non-hydrogen) atoms. The molecule has 1 heterocycles. The van der Waals surface area contributed by atoms with E-state index in [9.17, 15) is 9.59 Å². The lowest BCUT2D eigenvalue weighted by atomic mass is 10.2. The molecule has 3 N–H and O–H groups in total. The first-order valence-corrected chi connectivity index (χ1v) is 8.02. The van der Waals surface area contributed by atoms with E-state index in [1.165, 1.54) is 0 Å². The molecular formula is C18H23N3O3. The third kappa shape index (κ3) is 5.46. The second-order valence-electron chi connectivity index (χ2n) is 5.57. The van der Waals surface area contributed by atoms with Gasteiger partial charge in [0.25, 0.3) is 5.91 Å². The predicted octanol–water partition coefficient (Wildman–Crippen LogP) is 2.54. The quantitative estimate of drug-likeness (QED) is 0.695. The number of benzene rings is 1. The van der Waals surface area contributed by atoms with Gasteiger partial charge < -0.3 is 20.4 Å². The molecule has 1 aromatic heterocycles. The number of furan rings is 1. The molecule has 0 radical (unpaired) electrons. The van der Waals surface area contributed by atoms with Crippen molar-refractivity contribution in [2.75, 3.05) is 11.9 Å². The summed E-state index contributed by atoms with van der Waals surface area (Å²) >= 11 is 0. The molecule has 6 heteroatoms. The number of hydrogen-bond acceptors (Lipinski definition) is 4. The molecule has 0 spiro atoms. The molecule has 0 aliphatic heterocycles. The van der Waals surface area contributed by atoms with Crippen LogP contribution >= 0.6 is 0 Å². The Morgan fingerprint density at radius 1 is 1.21 bits per heavy atom. The summed E-state index contributed by atoms with van der Waals surface area (Å²) in [6.45, 7) is 4.48. The highest BCUT2D eigenvalue weighted by Gasteiger charge is 2.08. The van der Waals surface area contributed by atoms with Gasteiger partial charge in [0.15, 0.2) is 0 Å². The van der Waals surface area contributed by atoms with Crippen LogP contribution in [0, 0.1) is 0 Å². The maximum Gasteiger partial charge on any atom is 0.251 e. The summed E-state index contributed by atoms with van der Waals surface area (Å²) in [7, 11) is 0. The second kappa shape index (κ2) is 8.76. The van der Waals surface area contributed by atoms with Gasteiger partial charge in [0.1, 0.15) is 5.76 Å². The molecule has 2 rings (SSSR count). The van der Waals surface area contributed by atoms with Crippen LogP contribution in [0.1, 0.15) is 36.4 Å². The van der Waals surface area contributed by atoms with Crippen molar-refractivity contribution in [3.05, 3.63) is 54.0 Å². The highest BCUT2D eigenvalue weighted by atomic mass is 16.3. The van der Waals surface area contributed by atoms with Crippen LogP contribution in [-0.2, 0) is 11.3 Å². The Hall–Kier alpha value is -2.76. The molecule has 128 valence electrons. The minimum atomic E-state index is -0.195. The van der Waals surface area contributed by atoms with E-state index in [0.29, 0.717) is 17.9 Å². The van der Waals surface area contributed by atoms with E-state index < -0.39 is 0 Å². The van der Waals surface area contributed by atoms with E-state index in [4.69, 9.17) is 4.42 Å². The van der Waals surface area contributed by atoms with Crippen molar-refractivity contribution in [3.8, 4) is 0 Å². The lowest BCUT2D eigenvalue weighted by Gasteiger charge is -2.13. The van der Waals surface area contributed by atoms with E-state index >= 15 is 0 Å². The molecule has 1 atom stereocenters. The fourth-order valence-electron chi connectivity index (χ4n) is 2.06. The third-order valence-electron chi connectivity index (χ3n) is 3.60. The van der Waals surface area contributed by atoms with Crippen LogP contribution in [0.25, 0.3) is 0 Å². The standard InChI is InChI=1S/C18H23N3O3/c1-3-13(2)21-17(22)12-19-15-7-4-6-14(10-15)18(23)20-11-16-8-5-9-24-16/h4-10,13,19H,3,11-12H2,1-2H3,(H,20,23)(H,21,22). The lowest BCUT2D eigenvalue weighted by molar-refractivity contribution is -0.120. The van der Waals surface area contributed by atoms with Crippen molar-refractivity contribution in [3.63, 3.8) is 0 Å². The van der Waals surface area contributed by atoms with E-state index in [2.05, 4.69) is 16.0 Å². The fourth-order valence-corrected chi connectivity index (χ4v) is 2.06. The fraction of sp³-hybridized carbons (Fsp3) is 0.333. The topological polar surface area (TPSA) is 83.4 Å². The zero-order chi connectivity index (χ0) is 17.4. The summed E-state index contributed by atoms with van der Waals surface area (Å²) in [5.41, 5.74) is 1.24. The molecule has 0 bridgehead atoms. The summed E-state index contributed by atoms with van der Waals surface area (Å²) < 4.78 is 5.18. The van der Waals surface area contributed by atoms with Crippen LogP contribution in [-0.4, -0.2) is 24.4 Å². The van der Waals surface area contributed by atoms with Crippen molar-refractivity contribution >= 4 is 17.5 Å². The molecular weight excluding hydrogens is 306 g/mol. The van der Waals surface area contributed by atoms with Crippen molar-refractivity contribution in [1.29, 1.82) is 0 Å². The minimum Gasteiger partial charge on any atom is -0.467 e. The average Bonchev–Trinajstić information content (AvgIpc) is 3.11. The van der Waals surface area contributed by atoms with E-state index in [1.807, 2.05) is 19.9 Å². The third-order valence-corrected chi connectivity index (χ3v) is 3.60. The van der Waals surface area contributed by atoms with Gasteiger partial charge in [0, 0.05) is 17.3 Å². The SMILES string of the molecule is CCC(C)NC(=O)CNc1cccc(C(=O)NCc2ccco2)c1. The molecule has 6 nitrogen and oxygen atoms in total. The molecule has 0 aliphatic carbocycles. The highest BCUT2D eigenvalue weighted by Crippen LogP contribution is 2.11. The van der Waals surface area contributed by atoms with Crippen LogP contribution in [0.15, 0.2) is 47.1 Å². The number of carbonyl (C=O) groups excluding carboxylic acids is 2. The first-order valence-electron chi connectivity index (χ1n) is 8.02. The Bertz CT molecular complexity index is 668. The van der Waals surface area contributed by atoms with Crippen LogP contribution in [0.5, 0.6) is 0 Å². The Morgan fingerprint density at radius 3 is 2.75 bits per heavy atom. The number of rotatable bonds is 8. The van der Waals surface area contributed by atoms with Gasteiger partial charge in [-0.2, -0.15) is 0 Å². The Labute approximate surface area is 141 Å². The van der Waals surface area contributed by atoms with Gasteiger partial charge in [0.2, 0.25) is 5.91 Å². The average molecular weight is 329 g/mol. The summed E-state index contributed by atoms with van der Waals surface area (Å²) in [5, 5.41) is 8.70. The summed E-state index contributed by atoms with van der Waals surface area (Å²) in [4.78, 5) is 23.9. The zero-order valence-corrected chi connectivity index (χ0v) is 14.0. The molecule has 0 fully saturated rings. The van der Waals surface area contributed by atoms with Crippen molar-refractivity contribution < 1.29 is 14.0 Å². The van der Waals surface area contributed by atoms with E-state index in [0.717, 1.165) is 12.1 Å². The summed E-state index contributed by atoms with van der Waals surface area (Å²) in [5.74, 6) is 0.426. The van der Waals surface area contributed by atoms with Crippen LogP contribution in [0.2, 0.25) is 0 Å². The smallest absolute Gasteiger partial charge is 0.251 e. The number of hydrogen-bond donors (Lipinski definition) is 3. The molecule has 0 saturated heterocycles. The van der Waals surface area contributed by atoms with Crippen LogP contribution in [0.3, 0.4) is 0 Å². The lowest BCUT2D eigenvalue weighted by Crippen LogP contribution is -2.36. The number of anilines is 1. The maximum absolute atomic E-state index is 12.2.